The second-order valence-electron chi connectivity index (χ2n) is 4.39. The molecule has 0 unspecified atom stereocenters. The molecule has 1 aliphatic rings. The van der Waals surface area contributed by atoms with E-state index in [1.165, 1.54) is 4.90 Å². The van der Waals surface area contributed by atoms with E-state index >= 15 is 0 Å². The van der Waals surface area contributed by atoms with Crippen LogP contribution in [0.5, 0.6) is 0 Å². The molecule has 0 aliphatic carbocycles. The lowest BCUT2D eigenvalue weighted by Crippen LogP contribution is -2.66. The standard InChI is InChI=1S/C10H17NO5/c1-7(2)10(15)5-11(6-10)8(12)3-16-4-9(13)14/h7,15H,3-6H2,1-2H3,(H,13,14). The van der Waals surface area contributed by atoms with Crippen molar-refractivity contribution in [2.75, 3.05) is 26.3 Å². The fraction of sp³-hybridized carbons (Fsp3) is 0.800. The van der Waals surface area contributed by atoms with Crippen molar-refractivity contribution in [3.8, 4) is 0 Å². The number of ether oxygens (including phenoxy) is 1. The number of β-amino-alcohol motifs (C(OH)–C–C–N with tert-alkyl or cyclic N) is 1. The van der Waals surface area contributed by atoms with Crippen molar-refractivity contribution in [2.24, 2.45) is 5.92 Å². The van der Waals surface area contributed by atoms with Gasteiger partial charge in [-0.25, -0.2) is 4.79 Å². The van der Waals surface area contributed by atoms with Gasteiger partial charge in [0.1, 0.15) is 18.8 Å². The minimum Gasteiger partial charge on any atom is -0.480 e. The largest absolute Gasteiger partial charge is 0.480 e. The second kappa shape index (κ2) is 4.80. The van der Waals surface area contributed by atoms with E-state index in [-0.39, 0.29) is 18.4 Å². The average Bonchev–Trinajstić information content (AvgIpc) is 2.11. The normalized spacial score (nSPS) is 18.4. The van der Waals surface area contributed by atoms with Gasteiger partial charge in [0.15, 0.2) is 0 Å². The first kappa shape index (κ1) is 12.9. The van der Waals surface area contributed by atoms with Gasteiger partial charge in [-0.2, -0.15) is 0 Å². The molecule has 0 saturated carbocycles. The van der Waals surface area contributed by atoms with Crippen LogP contribution in [0.4, 0.5) is 0 Å². The van der Waals surface area contributed by atoms with E-state index in [4.69, 9.17) is 5.11 Å². The SMILES string of the molecule is CC(C)C1(O)CN(C(=O)COCC(=O)O)C1. The summed E-state index contributed by atoms with van der Waals surface area (Å²) >= 11 is 0. The quantitative estimate of drug-likeness (QED) is 0.654. The molecule has 1 fully saturated rings. The van der Waals surface area contributed by atoms with Gasteiger partial charge in [0.25, 0.3) is 0 Å². The minimum absolute atomic E-state index is 0.0940. The highest BCUT2D eigenvalue weighted by molar-refractivity contribution is 5.79. The molecule has 0 atom stereocenters. The van der Waals surface area contributed by atoms with E-state index < -0.39 is 18.2 Å². The summed E-state index contributed by atoms with van der Waals surface area (Å²) in [6.07, 6.45) is 0. The maximum absolute atomic E-state index is 11.4. The van der Waals surface area contributed by atoms with Crippen LogP contribution in [0, 0.1) is 5.92 Å². The van der Waals surface area contributed by atoms with Gasteiger partial charge in [0.05, 0.1) is 13.1 Å². The number of aliphatic carboxylic acids is 1. The molecule has 0 aromatic rings. The Hall–Kier alpha value is -1.14. The summed E-state index contributed by atoms with van der Waals surface area (Å²) in [7, 11) is 0. The number of carbonyl (C=O) groups is 2. The molecule has 6 nitrogen and oxygen atoms in total. The summed E-state index contributed by atoms with van der Waals surface area (Å²) in [5.74, 6) is -1.29. The van der Waals surface area contributed by atoms with Crippen molar-refractivity contribution < 1.29 is 24.5 Å². The number of hydrogen-bond acceptors (Lipinski definition) is 4. The van der Waals surface area contributed by atoms with Crippen molar-refractivity contribution in [1.82, 2.24) is 4.90 Å². The molecule has 0 aromatic carbocycles. The van der Waals surface area contributed by atoms with Gasteiger partial charge in [0, 0.05) is 0 Å². The molecule has 1 rings (SSSR count). The van der Waals surface area contributed by atoms with Crippen LogP contribution in [0.2, 0.25) is 0 Å². The van der Waals surface area contributed by atoms with E-state index in [1.807, 2.05) is 13.8 Å². The first-order valence-electron chi connectivity index (χ1n) is 5.15. The van der Waals surface area contributed by atoms with E-state index in [9.17, 15) is 14.7 Å². The van der Waals surface area contributed by atoms with Crippen LogP contribution >= 0.6 is 0 Å². The summed E-state index contributed by atoms with van der Waals surface area (Å²) in [4.78, 5) is 23.0. The number of amides is 1. The topological polar surface area (TPSA) is 87.1 Å². The second-order valence-corrected chi connectivity index (χ2v) is 4.39. The Morgan fingerprint density at radius 2 is 1.94 bits per heavy atom. The van der Waals surface area contributed by atoms with E-state index in [2.05, 4.69) is 4.74 Å². The molecule has 0 spiro atoms. The van der Waals surface area contributed by atoms with E-state index in [1.54, 1.807) is 0 Å². The van der Waals surface area contributed by atoms with Crippen molar-refractivity contribution in [2.45, 2.75) is 19.4 Å². The molecule has 1 amide bonds. The summed E-state index contributed by atoms with van der Waals surface area (Å²) in [6, 6.07) is 0. The molecular weight excluding hydrogens is 214 g/mol. The molecule has 0 radical (unpaired) electrons. The average molecular weight is 231 g/mol. The molecular formula is C10H17NO5. The van der Waals surface area contributed by atoms with Crippen LogP contribution in [-0.4, -0.2) is 58.9 Å². The van der Waals surface area contributed by atoms with E-state index in [0.717, 1.165) is 0 Å². The van der Waals surface area contributed by atoms with Crippen LogP contribution in [0.3, 0.4) is 0 Å². The van der Waals surface area contributed by atoms with Crippen LogP contribution < -0.4 is 0 Å². The Bertz CT molecular complexity index is 283. The highest BCUT2D eigenvalue weighted by Crippen LogP contribution is 2.28. The summed E-state index contributed by atoms with van der Waals surface area (Å²) in [5, 5.41) is 18.2. The summed E-state index contributed by atoms with van der Waals surface area (Å²) < 4.78 is 4.67. The molecule has 2 N–H and O–H groups in total. The fourth-order valence-electron chi connectivity index (χ4n) is 1.47. The van der Waals surface area contributed by atoms with Crippen LogP contribution in [0.1, 0.15) is 13.8 Å². The summed E-state index contributed by atoms with van der Waals surface area (Å²) in [5.41, 5.74) is -0.803. The highest BCUT2D eigenvalue weighted by Gasteiger charge is 2.45. The molecule has 0 bridgehead atoms. The Kier molecular flexibility index (Phi) is 3.88. The lowest BCUT2D eigenvalue weighted by atomic mass is 9.83. The third-order valence-corrected chi connectivity index (χ3v) is 2.81. The number of rotatable bonds is 5. The maximum atomic E-state index is 11.4. The van der Waals surface area contributed by atoms with Gasteiger partial charge in [-0.05, 0) is 5.92 Å². The van der Waals surface area contributed by atoms with E-state index in [0.29, 0.717) is 13.1 Å². The molecule has 0 aromatic heterocycles. The zero-order chi connectivity index (χ0) is 12.3. The van der Waals surface area contributed by atoms with Crippen molar-refractivity contribution in [3.05, 3.63) is 0 Å². The summed E-state index contributed by atoms with van der Waals surface area (Å²) in [6.45, 7) is 3.64. The van der Waals surface area contributed by atoms with Gasteiger partial charge < -0.3 is 19.8 Å². The number of likely N-dealkylation sites (tertiary alicyclic amines) is 1. The van der Waals surface area contributed by atoms with Gasteiger partial charge in [0.2, 0.25) is 5.91 Å². The van der Waals surface area contributed by atoms with Gasteiger partial charge >= 0.3 is 5.97 Å². The molecule has 16 heavy (non-hydrogen) atoms. The Morgan fingerprint density at radius 3 is 2.38 bits per heavy atom. The van der Waals surface area contributed by atoms with Crippen LogP contribution in [0.15, 0.2) is 0 Å². The smallest absolute Gasteiger partial charge is 0.329 e. The highest BCUT2D eigenvalue weighted by atomic mass is 16.5. The first-order valence-corrected chi connectivity index (χ1v) is 5.15. The maximum Gasteiger partial charge on any atom is 0.329 e. The zero-order valence-corrected chi connectivity index (χ0v) is 9.47. The van der Waals surface area contributed by atoms with Gasteiger partial charge in [-0.15, -0.1) is 0 Å². The third-order valence-electron chi connectivity index (χ3n) is 2.81. The number of nitrogens with zero attached hydrogens (tertiary/aromatic N) is 1. The Balaban J connectivity index is 2.24. The monoisotopic (exact) mass is 231 g/mol. The van der Waals surface area contributed by atoms with Crippen LogP contribution in [0.25, 0.3) is 0 Å². The fourth-order valence-corrected chi connectivity index (χ4v) is 1.47. The predicted molar refractivity (Wildman–Crippen MR) is 54.8 cm³/mol. The number of aliphatic hydroxyl groups is 1. The van der Waals surface area contributed by atoms with Gasteiger partial charge in [-0.1, -0.05) is 13.8 Å². The number of carbonyl (C=O) groups excluding carboxylic acids is 1. The number of hydrogen-bond donors (Lipinski definition) is 2. The molecule has 1 aliphatic heterocycles. The molecule has 1 saturated heterocycles. The van der Waals surface area contributed by atoms with Crippen molar-refractivity contribution >= 4 is 11.9 Å². The van der Waals surface area contributed by atoms with Crippen molar-refractivity contribution in [3.63, 3.8) is 0 Å². The predicted octanol–water partition coefficient (Wildman–Crippen LogP) is -0.683. The molecule has 1 heterocycles. The lowest BCUT2D eigenvalue weighted by molar-refractivity contribution is -0.168. The first-order chi connectivity index (χ1) is 7.35. The zero-order valence-electron chi connectivity index (χ0n) is 9.47. The van der Waals surface area contributed by atoms with Gasteiger partial charge in [-0.3, -0.25) is 4.79 Å². The van der Waals surface area contributed by atoms with Crippen LogP contribution in [-0.2, 0) is 14.3 Å². The Labute approximate surface area is 93.8 Å². The molecule has 92 valence electrons. The lowest BCUT2D eigenvalue weighted by Gasteiger charge is -2.48. The number of carboxylic acids is 1. The molecule has 6 heteroatoms. The minimum atomic E-state index is -1.10. The number of carboxylic acid groups (broad SMARTS) is 1. The van der Waals surface area contributed by atoms with Crippen molar-refractivity contribution in [1.29, 1.82) is 0 Å². The Morgan fingerprint density at radius 1 is 1.38 bits per heavy atom. The third kappa shape index (κ3) is 2.93.